The molecule has 5 nitrogen and oxygen atoms in total. The number of hydrogen-bond donors (Lipinski definition) is 0. The molecule has 0 N–H and O–H groups in total. The number of aromatic nitrogens is 4. The Balaban J connectivity index is 1.86. The molecule has 0 bridgehead atoms. The van der Waals surface area contributed by atoms with E-state index in [0.717, 1.165) is 22.5 Å². The minimum atomic E-state index is -0.273. The van der Waals surface area contributed by atoms with Gasteiger partial charge in [-0.15, -0.1) is 16.8 Å². The van der Waals surface area contributed by atoms with Crippen LogP contribution in [0.3, 0.4) is 0 Å². The van der Waals surface area contributed by atoms with Crippen LogP contribution in [0.15, 0.2) is 60.5 Å². The van der Waals surface area contributed by atoms with Gasteiger partial charge in [-0.2, -0.15) is 0 Å². The fourth-order valence-corrected chi connectivity index (χ4v) is 3.66. The number of pyridine rings is 1. The van der Waals surface area contributed by atoms with E-state index in [2.05, 4.69) is 21.8 Å². The van der Waals surface area contributed by atoms with E-state index < -0.39 is 0 Å². The van der Waals surface area contributed by atoms with Crippen LogP contribution in [0.2, 0.25) is 0 Å². The summed E-state index contributed by atoms with van der Waals surface area (Å²) in [7, 11) is 0. The molecular formula is C21H22N4OS. The molecular weight excluding hydrogens is 356 g/mol. The predicted molar refractivity (Wildman–Crippen MR) is 109 cm³/mol. The number of Topliss-reactive ketones (excluding diaryl/α,β-unsaturated/α-hetero) is 1. The molecule has 0 spiro atoms. The number of carbonyl (C=O) groups excluding carboxylic acids is 1. The molecule has 27 heavy (non-hydrogen) atoms. The number of carbonyl (C=O) groups is 1. The molecule has 0 saturated heterocycles. The minimum Gasteiger partial charge on any atom is -0.298 e. The summed E-state index contributed by atoms with van der Waals surface area (Å²) < 4.78 is 1.97. The van der Waals surface area contributed by atoms with Crippen molar-refractivity contribution in [1.82, 2.24) is 19.7 Å². The molecule has 0 unspecified atom stereocenters. The number of nitrogens with zero attached hydrogens (tertiary/aromatic N) is 4. The van der Waals surface area contributed by atoms with E-state index >= 15 is 0 Å². The van der Waals surface area contributed by atoms with Crippen molar-refractivity contribution >= 4 is 17.5 Å². The molecule has 6 heteroatoms. The summed E-state index contributed by atoms with van der Waals surface area (Å²) in [6, 6.07) is 9.61. The molecule has 0 amide bonds. The van der Waals surface area contributed by atoms with Gasteiger partial charge in [0.25, 0.3) is 0 Å². The standard InChI is InChI=1S/C21H22N4OS/c1-5-12-25-20(17-8-10-22-11-9-17)23-24-21(25)27-16(4)19(26)18-7-6-14(2)15(3)13-18/h5-11,13,16H,1,12H2,2-4H3/t16-/m1/s1. The molecule has 2 aromatic heterocycles. The highest BCUT2D eigenvalue weighted by molar-refractivity contribution is 8.00. The second-order valence-electron chi connectivity index (χ2n) is 6.36. The molecule has 138 valence electrons. The van der Waals surface area contributed by atoms with Crippen molar-refractivity contribution in [2.24, 2.45) is 0 Å². The maximum atomic E-state index is 12.9. The summed E-state index contributed by atoms with van der Waals surface area (Å²) in [4.78, 5) is 16.9. The van der Waals surface area contributed by atoms with E-state index in [4.69, 9.17) is 0 Å². The maximum Gasteiger partial charge on any atom is 0.192 e. The van der Waals surface area contributed by atoms with Crippen LogP contribution in [0.1, 0.15) is 28.4 Å². The van der Waals surface area contributed by atoms with Crippen molar-refractivity contribution in [2.45, 2.75) is 37.7 Å². The fraction of sp³-hybridized carbons (Fsp3) is 0.238. The lowest BCUT2D eigenvalue weighted by molar-refractivity contribution is 0.0993. The molecule has 0 saturated carbocycles. The Morgan fingerprint density at radius 3 is 2.59 bits per heavy atom. The lowest BCUT2D eigenvalue weighted by atomic mass is 10.0. The van der Waals surface area contributed by atoms with Gasteiger partial charge in [0.2, 0.25) is 0 Å². The second-order valence-corrected chi connectivity index (χ2v) is 7.67. The summed E-state index contributed by atoms with van der Waals surface area (Å²) in [6.07, 6.45) is 5.25. The van der Waals surface area contributed by atoms with Crippen LogP contribution >= 0.6 is 11.8 Å². The topological polar surface area (TPSA) is 60.7 Å². The van der Waals surface area contributed by atoms with Crippen LogP contribution in [0, 0.1) is 13.8 Å². The molecule has 0 fully saturated rings. The summed E-state index contributed by atoms with van der Waals surface area (Å²) in [5.74, 6) is 0.826. The Kier molecular flexibility index (Phi) is 5.86. The van der Waals surface area contributed by atoms with Gasteiger partial charge in [0.05, 0.1) is 5.25 Å². The number of ketones is 1. The van der Waals surface area contributed by atoms with Crippen LogP contribution < -0.4 is 0 Å². The first-order chi connectivity index (χ1) is 13.0. The molecule has 1 atom stereocenters. The van der Waals surface area contributed by atoms with Gasteiger partial charge >= 0.3 is 0 Å². The third-order valence-corrected chi connectivity index (χ3v) is 5.49. The van der Waals surface area contributed by atoms with Crippen molar-refractivity contribution in [1.29, 1.82) is 0 Å². The number of rotatable bonds is 7. The molecule has 0 aliphatic rings. The van der Waals surface area contributed by atoms with Gasteiger partial charge in [-0.1, -0.05) is 30.0 Å². The first-order valence-corrected chi connectivity index (χ1v) is 9.62. The monoisotopic (exact) mass is 378 g/mol. The summed E-state index contributed by atoms with van der Waals surface area (Å²) in [5, 5.41) is 9.06. The van der Waals surface area contributed by atoms with Gasteiger partial charge in [-0.3, -0.25) is 14.3 Å². The summed E-state index contributed by atoms with van der Waals surface area (Å²) >= 11 is 1.42. The Morgan fingerprint density at radius 1 is 1.19 bits per heavy atom. The summed E-state index contributed by atoms with van der Waals surface area (Å²) in [5.41, 5.74) is 3.95. The van der Waals surface area contributed by atoms with E-state index in [1.807, 2.05) is 55.7 Å². The molecule has 3 aromatic rings. The van der Waals surface area contributed by atoms with Crippen LogP contribution in [0.4, 0.5) is 0 Å². The van der Waals surface area contributed by atoms with Gasteiger partial charge in [-0.25, -0.2) is 0 Å². The number of thioether (sulfide) groups is 1. The van der Waals surface area contributed by atoms with Gasteiger partial charge in [-0.05, 0) is 50.1 Å². The van der Waals surface area contributed by atoms with Gasteiger partial charge in [0.15, 0.2) is 16.8 Å². The highest BCUT2D eigenvalue weighted by atomic mass is 32.2. The van der Waals surface area contributed by atoms with E-state index in [1.165, 1.54) is 17.3 Å². The van der Waals surface area contributed by atoms with E-state index in [-0.39, 0.29) is 11.0 Å². The molecule has 3 rings (SSSR count). The molecule has 0 aliphatic carbocycles. The molecule has 1 aromatic carbocycles. The summed E-state index contributed by atoms with van der Waals surface area (Å²) in [6.45, 7) is 10.4. The maximum absolute atomic E-state index is 12.9. The SMILES string of the molecule is C=CCn1c(S[C@H](C)C(=O)c2ccc(C)c(C)c2)nnc1-c1ccncc1. The first-order valence-electron chi connectivity index (χ1n) is 8.74. The average Bonchev–Trinajstić information content (AvgIpc) is 3.07. The number of aryl methyl sites for hydroxylation is 2. The van der Waals surface area contributed by atoms with E-state index in [9.17, 15) is 4.79 Å². The minimum absolute atomic E-state index is 0.0849. The highest BCUT2D eigenvalue weighted by Gasteiger charge is 2.21. The van der Waals surface area contributed by atoms with E-state index in [1.54, 1.807) is 18.5 Å². The first kappa shape index (κ1) is 19.0. The van der Waals surface area contributed by atoms with Gasteiger partial charge in [0, 0.05) is 30.1 Å². The van der Waals surface area contributed by atoms with Gasteiger partial charge < -0.3 is 0 Å². The Hall–Kier alpha value is -2.73. The van der Waals surface area contributed by atoms with Crippen LogP contribution in [0.5, 0.6) is 0 Å². The smallest absolute Gasteiger partial charge is 0.192 e. The average molecular weight is 379 g/mol. The predicted octanol–water partition coefficient (Wildman–Crippen LogP) is 4.51. The van der Waals surface area contributed by atoms with Crippen molar-refractivity contribution in [3.63, 3.8) is 0 Å². The van der Waals surface area contributed by atoms with Gasteiger partial charge in [0.1, 0.15) is 0 Å². The normalized spacial score (nSPS) is 12.0. The van der Waals surface area contributed by atoms with Crippen molar-refractivity contribution in [3.8, 4) is 11.4 Å². The highest BCUT2D eigenvalue weighted by Crippen LogP contribution is 2.28. The second kappa shape index (κ2) is 8.31. The Morgan fingerprint density at radius 2 is 1.93 bits per heavy atom. The largest absolute Gasteiger partial charge is 0.298 e. The third kappa shape index (κ3) is 4.17. The fourth-order valence-electron chi connectivity index (χ4n) is 2.73. The van der Waals surface area contributed by atoms with Crippen LogP contribution in [0.25, 0.3) is 11.4 Å². The molecule has 0 aliphatic heterocycles. The Labute approximate surface area is 163 Å². The number of benzene rings is 1. The number of allylic oxidation sites excluding steroid dienone is 1. The zero-order valence-corrected chi connectivity index (χ0v) is 16.5. The Bertz CT molecular complexity index is 966. The zero-order chi connectivity index (χ0) is 19.4. The quantitative estimate of drug-likeness (QED) is 0.344. The lowest BCUT2D eigenvalue weighted by Crippen LogP contribution is -2.15. The third-order valence-electron chi connectivity index (χ3n) is 4.41. The lowest BCUT2D eigenvalue weighted by Gasteiger charge is -2.12. The van der Waals surface area contributed by atoms with Crippen molar-refractivity contribution in [3.05, 3.63) is 72.1 Å². The molecule has 0 radical (unpaired) electrons. The van der Waals surface area contributed by atoms with Crippen LogP contribution in [-0.4, -0.2) is 30.8 Å². The molecule has 2 heterocycles. The number of hydrogen-bond acceptors (Lipinski definition) is 5. The zero-order valence-electron chi connectivity index (χ0n) is 15.7. The van der Waals surface area contributed by atoms with Crippen molar-refractivity contribution in [2.75, 3.05) is 0 Å². The van der Waals surface area contributed by atoms with Crippen molar-refractivity contribution < 1.29 is 4.79 Å². The van der Waals surface area contributed by atoms with Crippen LogP contribution in [-0.2, 0) is 6.54 Å². The van der Waals surface area contributed by atoms with E-state index in [0.29, 0.717) is 11.7 Å².